The van der Waals surface area contributed by atoms with Gasteiger partial charge in [-0.25, -0.2) is 9.37 Å². The van der Waals surface area contributed by atoms with Crippen molar-refractivity contribution in [1.82, 2.24) is 14.9 Å². The molecular weight excluding hydrogens is 349 g/mol. The molecule has 2 aromatic carbocycles. The van der Waals surface area contributed by atoms with E-state index in [4.69, 9.17) is 9.47 Å². The third kappa shape index (κ3) is 3.23. The lowest BCUT2D eigenvalue weighted by Crippen LogP contribution is -2.29. The number of amides is 1. The second-order valence-corrected chi connectivity index (χ2v) is 6.33. The second-order valence-electron chi connectivity index (χ2n) is 6.33. The van der Waals surface area contributed by atoms with E-state index in [9.17, 15) is 9.18 Å². The third-order valence-corrected chi connectivity index (χ3v) is 4.49. The molecule has 3 aromatic rings. The van der Waals surface area contributed by atoms with E-state index in [1.807, 2.05) is 17.7 Å². The highest BCUT2D eigenvalue weighted by Gasteiger charge is 2.26. The molecular formula is C20H18FN3O3. The fourth-order valence-corrected chi connectivity index (χ4v) is 3.13. The smallest absolute Gasteiger partial charge is 0.252 e. The Morgan fingerprint density at radius 3 is 2.93 bits per heavy atom. The Labute approximate surface area is 155 Å². The summed E-state index contributed by atoms with van der Waals surface area (Å²) < 4.78 is 26.3. The van der Waals surface area contributed by atoms with Crippen LogP contribution in [0.15, 0.2) is 48.9 Å². The van der Waals surface area contributed by atoms with Crippen molar-refractivity contribution in [1.29, 1.82) is 0 Å². The summed E-state index contributed by atoms with van der Waals surface area (Å²) in [4.78, 5) is 16.9. The monoisotopic (exact) mass is 367 g/mol. The average molecular weight is 367 g/mol. The highest BCUT2D eigenvalue weighted by atomic mass is 19.1. The number of hydrogen-bond donors (Lipinski definition) is 1. The summed E-state index contributed by atoms with van der Waals surface area (Å²) in [7, 11) is 1.55. The summed E-state index contributed by atoms with van der Waals surface area (Å²) in [6.07, 6.45) is 3.56. The van der Waals surface area contributed by atoms with E-state index in [2.05, 4.69) is 10.3 Å². The van der Waals surface area contributed by atoms with Crippen LogP contribution in [0.2, 0.25) is 0 Å². The van der Waals surface area contributed by atoms with Crippen LogP contribution in [0.3, 0.4) is 0 Å². The first-order valence-electron chi connectivity index (χ1n) is 8.47. The standard InChI is InChI=1S/C20H18FN3O3/c1-12-9-24(11-22-12)17-5-3-13(7-19(17)26-2)20(25)23-16-10-27-18-6-4-14(21)8-15(16)18/h3-9,11,16H,10H2,1-2H3,(H,23,25). The SMILES string of the molecule is COc1cc(C(=O)NC2COc3ccc(F)cc32)ccc1-n1cnc(C)c1. The zero-order valence-corrected chi connectivity index (χ0v) is 14.9. The number of hydrogen-bond acceptors (Lipinski definition) is 4. The molecule has 0 saturated carbocycles. The van der Waals surface area contributed by atoms with Gasteiger partial charge in [-0.3, -0.25) is 4.79 Å². The van der Waals surface area contributed by atoms with Crippen molar-refractivity contribution >= 4 is 5.91 Å². The van der Waals surface area contributed by atoms with Crippen LogP contribution in [0, 0.1) is 12.7 Å². The Bertz CT molecular complexity index is 1020. The van der Waals surface area contributed by atoms with Crippen LogP contribution < -0.4 is 14.8 Å². The van der Waals surface area contributed by atoms with E-state index in [0.29, 0.717) is 22.6 Å². The van der Waals surface area contributed by atoms with Gasteiger partial charge in [0, 0.05) is 17.3 Å². The van der Waals surface area contributed by atoms with Crippen molar-refractivity contribution in [2.75, 3.05) is 13.7 Å². The number of nitrogens with zero attached hydrogens (tertiary/aromatic N) is 2. The third-order valence-electron chi connectivity index (χ3n) is 4.49. The minimum absolute atomic E-state index is 0.272. The number of carbonyl (C=O) groups is 1. The Kier molecular flexibility index (Phi) is 4.27. The van der Waals surface area contributed by atoms with Gasteiger partial charge in [-0.15, -0.1) is 0 Å². The fraction of sp³-hybridized carbons (Fsp3) is 0.200. The molecule has 1 aliphatic heterocycles. The maximum absolute atomic E-state index is 13.5. The number of halogens is 1. The van der Waals surface area contributed by atoms with Gasteiger partial charge in [0.1, 0.15) is 23.9 Å². The minimum atomic E-state index is -0.398. The molecule has 0 spiro atoms. The molecule has 1 N–H and O–H groups in total. The maximum Gasteiger partial charge on any atom is 0.252 e. The predicted molar refractivity (Wildman–Crippen MR) is 97.0 cm³/mol. The molecule has 1 unspecified atom stereocenters. The summed E-state index contributed by atoms with van der Waals surface area (Å²) in [5, 5.41) is 2.89. The lowest BCUT2D eigenvalue weighted by Gasteiger charge is -2.14. The van der Waals surface area contributed by atoms with E-state index >= 15 is 0 Å². The van der Waals surface area contributed by atoms with E-state index in [1.54, 1.807) is 37.7 Å². The average Bonchev–Trinajstić information content (AvgIpc) is 3.27. The summed E-state index contributed by atoms with van der Waals surface area (Å²) in [6.45, 7) is 2.17. The van der Waals surface area contributed by atoms with Crippen LogP contribution in [0.5, 0.6) is 11.5 Å². The van der Waals surface area contributed by atoms with Gasteiger partial charge in [0.2, 0.25) is 0 Å². The summed E-state index contributed by atoms with van der Waals surface area (Å²) >= 11 is 0. The summed E-state index contributed by atoms with van der Waals surface area (Å²) in [5.74, 6) is 0.492. The molecule has 1 amide bonds. The van der Waals surface area contributed by atoms with Gasteiger partial charge >= 0.3 is 0 Å². The summed E-state index contributed by atoms with van der Waals surface area (Å²) in [6, 6.07) is 9.08. The van der Waals surface area contributed by atoms with Gasteiger partial charge in [0.05, 0.1) is 30.9 Å². The minimum Gasteiger partial charge on any atom is -0.495 e. The Morgan fingerprint density at radius 1 is 1.33 bits per heavy atom. The number of fused-ring (bicyclic) bond motifs is 1. The molecule has 0 aliphatic carbocycles. The lowest BCUT2D eigenvalue weighted by molar-refractivity contribution is 0.0930. The molecule has 1 aromatic heterocycles. The van der Waals surface area contributed by atoms with Crippen molar-refractivity contribution in [3.05, 3.63) is 71.6 Å². The van der Waals surface area contributed by atoms with Crippen LogP contribution in [-0.4, -0.2) is 29.2 Å². The maximum atomic E-state index is 13.5. The molecule has 1 atom stereocenters. The quantitative estimate of drug-likeness (QED) is 0.769. The normalized spacial score (nSPS) is 15.1. The number of aromatic nitrogens is 2. The molecule has 0 radical (unpaired) electrons. The Morgan fingerprint density at radius 2 is 2.19 bits per heavy atom. The predicted octanol–water partition coefficient (Wildman–Crippen LogP) is 3.19. The number of ether oxygens (including phenoxy) is 2. The number of carbonyl (C=O) groups excluding carboxylic acids is 1. The Hall–Kier alpha value is -3.35. The molecule has 138 valence electrons. The highest BCUT2D eigenvalue weighted by molar-refractivity contribution is 5.95. The molecule has 6 nitrogen and oxygen atoms in total. The number of rotatable bonds is 4. The van der Waals surface area contributed by atoms with Gasteiger partial charge in [0.25, 0.3) is 5.91 Å². The number of aryl methyl sites for hydroxylation is 1. The number of nitrogens with one attached hydrogen (secondary N) is 1. The first-order chi connectivity index (χ1) is 13.0. The topological polar surface area (TPSA) is 65.4 Å². The van der Waals surface area contributed by atoms with Crippen molar-refractivity contribution in [2.24, 2.45) is 0 Å². The van der Waals surface area contributed by atoms with Gasteiger partial charge in [-0.05, 0) is 43.3 Å². The zero-order valence-electron chi connectivity index (χ0n) is 14.9. The number of benzene rings is 2. The summed E-state index contributed by atoms with van der Waals surface area (Å²) in [5.41, 5.74) is 2.75. The van der Waals surface area contributed by atoms with Crippen LogP contribution >= 0.6 is 0 Å². The van der Waals surface area contributed by atoms with Gasteiger partial charge in [-0.1, -0.05) is 0 Å². The molecule has 7 heteroatoms. The molecule has 2 heterocycles. The molecule has 0 saturated heterocycles. The van der Waals surface area contributed by atoms with Crippen molar-refractivity contribution < 1.29 is 18.7 Å². The Balaban J connectivity index is 1.57. The first-order valence-corrected chi connectivity index (χ1v) is 8.47. The van der Waals surface area contributed by atoms with Crippen LogP contribution in [0.4, 0.5) is 4.39 Å². The molecule has 4 rings (SSSR count). The van der Waals surface area contributed by atoms with Crippen LogP contribution in [-0.2, 0) is 0 Å². The van der Waals surface area contributed by atoms with Crippen LogP contribution in [0.25, 0.3) is 5.69 Å². The first kappa shape index (κ1) is 17.1. The molecule has 0 bridgehead atoms. The second kappa shape index (κ2) is 6.75. The largest absolute Gasteiger partial charge is 0.495 e. The lowest BCUT2D eigenvalue weighted by atomic mass is 10.1. The molecule has 27 heavy (non-hydrogen) atoms. The van der Waals surface area contributed by atoms with Gasteiger partial charge in [-0.2, -0.15) is 0 Å². The number of methoxy groups -OCH3 is 1. The number of imidazole rings is 1. The van der Waals surface area contributed by atoms with Crippen molar-refractivity contribution in [2.45, 2.75) is 13.0 Å². The van der Waals surface area contributed by atoms with E-state index in [-0.39, 0.29) is 18.3 Å². The van der Waals surface area contributed by atoms with Gasteiger partial charge in [0.15, 0.2) is 0 Å². The van der Waals surface area contributed by atoms with E-state index < -0.39 is 6.04 Å². The van der Waals surface area contributed by atoms with Crippen molar-refractivity contribution in [3.63, 3.8) is 0 Å². The van der Waals surface area contributed by atoms with E-state index in [0.717, 1.165) is 11.4 Å². The zero-order chi connectivity index (χ0) is 19.0. The fourth-order valence-electron chi connectivity index (χ4n) is 3.13. The highest BCUT2D eigenvalue weighted by Crippen LogP contribution is 2.33. The van der Waals surface area contributed by atoms with E-state index in [1.165, 1.54) is 12.1 Å². The van der Waals surface area contributed by atoms with Gasteiger partial charge < -0.3 is 19.4 Å². The van der Waals surface area contributed by atoms with Crippen LogP contribution in [0.1, 0.15) is 27.7 Å². The molecule has 0 fully saturated rings. The van der Waals surface area contributed by atoms with Crippen molar-refractivity contribution in [3.8, 4) is 17.2 Å². The molecule has 1 aliphatic rings.